The van der Waals surface area contributed by atoms with Crippen LogP contribution in [0.5, 0.6) is 0 Å². The zero-order chi connectivity index (χ0) is 13.9. The van der Waals surface area contributed by atoms with E-state index in [0.29, 0.717) is 11.6 Å². The van der Waals surface area contributed by atoms with Crippen LogP contribution in [0.4, 0.5) is 0 Å². The molecule has 0 amide bonds. The van der Waals surface area contributed by atoms with Gasteiger partial charge in [0.25, 0.3) is 0 Å². The number of hydrazine groups is 1. The zero-order valence-electron chi connectivity index (χ0n) is 10.7. The van der Waals surface area contributed by atoms with Gasteiger partial charge in [-0.3, -0.25) is 16.3 Å². The van der Waals surface area contributed by atoms with Crippen LogP contribution >= 0.6 is 11.6 Å². The van der Waals surface area contributed by atoms with Crippen LogP contribution in [0.3, 0.4) is 0 Å². The summed E-state index contributed by atoms with van der Waals surface area (Å²) in [6.45, 7) is 0. The summed E-state index contributed by atoms with van der Waals surface area (Å²) in [5, 5.41) is 1.48. The van der Waals surface area contributed by atoms with Crippen molar-refractivity contribution in [1.29, 1.82) is 0 Å². The van der Waals surface area contributed by atoms with Crippen LogP contribution in [0.2, 0.25) is 5.22 Å². The Labute approximate surface area is 121 Å². The molecule has 1 unspecified atom stereocenters. The first-order valence-corrected chi connectivity index (χ1v) is 6.69. The quantitative estimate of drug-likeness (QED) is 0.571. The summed E-state index contributed by atoms with van der Waals surface area (Å²) in [7, 11) is 0. The van der Waals surface area contributed by atoms with E-state index in [1.54, 1.807) is 6.26 Å². The summed E-state index contributed by atoms with van der Waals surface area (Å²) in [5.74, 6) is 5.62. The van der Waals surface area contributed by atoms with Crippen molar-refractivity contribution >= 4 is 22.5 Å². The molecule has 0 saturated carbocycles. The van der Waals surface area contributed by atoms with Crippen molar-refractivity contribution < 1.29 is 4.42 Å². The minimum Gasteiger partial charge on any atom is -0.453 e. The van der Waals surface area contributed by atoms with Crippen molar-refractivity contribution in [2.45, 2.75) is 12.5 Å². The summed E-state index contributed by atoms with van der Waals surface area (Å²) in [4.78, 5) is 4.63. The third kappa shape index (κ3) is 2.54. The van der Waals surface area contributed by atoms with E-state index in [4.69, 9.17) is 21.9 Å². The molecule has 0 radical (unpaired) electrons. The van der Waals surface area contributed by atoms with Gasteiger partial charge in [0.2, 0.25) is 0 Å². The van der Waals surface area contributed by atoms with Crippen LogP contribution in [-0.4, -0.2) is 4.98 Å². The number of aromatic nitrogens is 1. The standard InChI is InChI=1S/C15H14ClN3O/c16-15-12(7-8-20-15)14(19-17)9-11-6-5-10-3-1-2-4-13(10)18-11/h1-8,14,19H,9,17H2. The van der Waals surface area contributed by atoms with Gasteiger partial charge in [-0.25, -0.2) is 0 Å². The maximum absolute atomic E-state index is 5.99. The molecular weight excluding hydrogens is 274 g/mol. The predicted molar refractivity (Wildman–Crippen MR) is 79.2 cm³/mol. The topological polar surface area (TPSA) is 64.1 Å². The lowest BCUT2D eigenvalue weighted by molar-refractivity contribution is 0.524. The average Bonchev–Trinajstić information content (AvgIpc) is 2.91. The number of hydrogen-bond donors (Lipinski definition) is 2. The van der Waals surface area contributed by atoms with Crippen LogP contribution in [0, 0.1) is 0 Å². The van der Waals surface area contributed by atoms with Crippen LogP contribution in [0.1, 0.15) is 17.3 Å². The van der Waals surface area contributed by atoms with E-state index < -0.39 is 0 Å². The van der Waals surface area contributed by atoms with Gasteiger partial charge in [-0.1, -0.05) is 24.3 Å². The van der Waals surface area contributed by atoms with E-state index in [2.05, 4.69) is 16.5 Å². The Bertz CT molecular complexity index is 726. The lowest BCUT2D eigenvalue weighted by atomic mass is 10.0. The molecule has 0 saturated heterocycles. The smallest absolute Gasteiger partial charge is 0.197 e. The van der Waals surface area contributed by atoms with Crippen molar-refractivity contribution in [1.82, 2.24) is 10.4 Å². The van der Waals surface area contributed by atoms with Crippen molar-refractivity contribution in [3.63, 3.8) is 0 Å². The molecule has 5 heteroatoms. The SMILES string of the molecule is NNC(Cc1ccc2ccccc2n1)c1ccoc1Cl. The molecule has 0 bridgehead atoms. The Kier molecular flexibility index (Phi) is 3.69. The molecule has 20 heavy (non-hydrogen) atoms. The minimum atomic E-state index is -0.130. The van der Waals surface area contributed by atoms with Crippen LogP contribution in [0.25, 0.3) is 10.9 Å². The molecule has 2 heterocycles. The fourth-order valence-electron chi connectivity index (χ4n) is 2.24. The van der Waals surface area contributed by atoms with Gasteiger partial charge in [0.05, 0.1) is 17.8 Å². The highest BCUT2D eigenvalue weighted by Crippen LogP contribution is 2.26. The van der Waals surface area contributed by atoms with Gasteiger partial charge >= 0.3 is 0 Å². The first kappa shape index (κ1) is 13.1. The van der Waals surface area contributed by atoms with Gasteiger partial charge in [-0.15, -0.1) is 0 Å². The first-order valence-electron chi connectivity index (χ1n) is 6.31. The normalized spacial score (nSPS) is 12.7. The molecule has 3 rings (SSSR count). The fourth-order valence-corrected chi connectivity index (χ4v) is 2.49. The second kappa shape index (κ2) is 5.63. The Hall–Kier alpha value is -1.88. The van der Waals surface area contributed by atoms with Crippen LogP contribution in [0.15, 0.2) is 53.1 Å². The number of halogens is 1. The summed E-state index contributed by atoms with van der Waals surface area (Å²) in [6.07, 6.45) is 2.19. The molecule has 0 spiro atoms. The van der Waals surface area contributed by atoms with E-state index in [0.717, 1.165) is 22.2 Å². The van der Waals surface area contributed by atoms with Gasteiger partial charge in [-0.05, 0) is 29.8 Å². The fraction of sp³-hybridized carbons (Fsp3) is 0.133. The van der Waals surface area contributed by atoms with Crippen LogP contribution in [-0.2, 0) is 6.42 Å². The van der Waals surface area contributed by atoms with Gasteiger partial charge < -0.3 is 4.42 Å². The van der Waals surface area contributed by atoms with E-state index in [-0.39, 0.29) is 6.04 Å². The largest absolute Gasteiger partial charge is 0.453 e. The molecule has 0 aliphatic rings. The highest BCUT2D eigenvalue weighted by Gasteiger charge is 2.17. The zero-order valence-corrected chi connectivity index (χ0v) is 11.5. The number of pyridine rings is 1. The number of nitrogens with zero attached hydrogens (tertiary/aromatic N) is 1. The lowest BCUT2D eigenvalue weighted by Crippen LogP contribution is -2.29. The molecule has 1 aromatic carbocycles. The average molecular weight is 288 g/mol. The molecule has 0 fully saturated rings. The Morgan fingerprint density at radius 2 is 2.05 bits per heavy atom. The maximum atomic E-state index is 5.99. The summed E-state index contributed by atoms with van der Waals surface area (Å²) < 4.78 is 5.10. The van der Waals surface area contributed by atoms with Crippen molar-refractivity contribution in [3.05, 3.63) is 65.2 Å². The Morgan fingerprint density at radius 3 is 2.80 bits per heavy atom. The second-order valence-corrected chi connectivity index (χ2v) is 4.91. The van der Waals surface area contributed by atoms with Gasteiger partial charge in [-0.2, -0.15) is 0 Å². The molecule has 3 aromatic rings. The Morgan fingerprint density at radius 1 is 1.20 bits per heavy atom. The van der Waals surface area contributed by atoms with Crippen molar-refractivity contribution in [2.75, 3.05) is 0 Å². The van der Waals surface area contributed by atoms with E-state index in [1.165, 1.54) is 0 Å². The summed E-state index contributed by atoms with van der Waals surface area (Å²) in [6, 6.07) is 13.8. The number of furan rings is 1. The third-order valence-electron chi connectivity index (χ3n) is 3.29. The summed E-state index contributed by atoms with van der Waals surface area (Å²) >= 11 is 5.99. The molecule has 0 aliphatic heterocycles. The number of nitrogens with one attached hydrogen (secondary N) is 1. The number of para-hydroxylation sites is 1. The molecule has 1 atom stereocenters. The van der Waals surface area contributed by atoms with Gasteiger partial charge in [0.15, 0.2) is 5.22 Å². The highest BCUT2D eigenvalue weighted by atomic mass is 35.5. The second-order valence-electron chi connectivity index (χ2n) is 4.57. The third-order valence-corrected chi connectivity index (χ3v) is 3.60. The number of nitrogens with two attached hydrogens (primary N) is 1. The molecule has 102 valence electrons. The van der Waals surface area contributed by atoms with E-state index >= 15 is 0 Å². The van der Waals surface area contributed by atoms with Crippen LogP contribution < -0.4 is 11.3 Å². The highest BCUT2D eigenvalue weighted by molar-refractivity contribution is 6.29. The maximum Gasteiger partial charge on any atom is 0.197 e. The van der Waals surface area contributed by atoms with E-state index in [1.807, 2.05) is 36.4 Å². The number of benzene rings is 1. The van der Waals surface area contributed by atoms with Crippen molar-refractivity contribution in [2.24, 2.45) is 5.84 Å². The van der Waals surface area contributed by atoms with Crippen molar-refractivity contribution in [3.8, 4) is 0 Å². The monoisotopic (exact) mass is 287 g/mol. The van der Waals surface area contributed by atoms with Gasteiger partial charge in [0, 0.05) is 23.1 Å². The molecule has 3 N–H and O–H groups in total. The number of hydrogen-bond acceptors (Lipinski definition) is 4. The number of rotatable bonds is 4. The van der Waals surface area contributed by atoms with Gasteiger partial charge in [0.1, 0.15) is 0 Å². The lowest BCUT2D eigenvalue weighted by Gasteiger charge is -2.14. The van der Waals surface area contributed by atoms with E-state index in [9.17, 15) is 0 Å². The minimum absolute atomic E-state index is 0.130. The summed E-state index contributed by atoms with van der Waals surface area (Å²) in [5.41, 5.74) is 5.51. The molecule has 2 aromatic heterocycles. The molecule has 4 nitrogen and oxygen atoms in total. The predicted octanol–water partition coefficient (Wildman–Crippen LogP) is 3.23. The molecule has 0 aliphatic carbocycles. The molecular formula is C15H14ClN3O. The first-order chi connectivity index (χ1) is 9.78. The Balaban J connectivity index is 1.89. The number of fused-ring (bicyclic) bond motifs is 1.